The molecule has 2 aliphatic rings. The normalized spacial score (nSPS) is 19.0. The van der Waals surface area contributed by atoms with Crippen LogP contribution in [0.2, 0.25) is 0 Å². The Morgan fingerprint density at radius 3 is 2.83 bits per heavy atom. The third-order valence-electron chi connectivity index (χ3n) is 5.53. The quantitative estimate of drug-likeness (QED) is 0.203. The van der Waals surface area contributed by atoms with E-state index in [0.29, 0.717) is 25.2 Å². The van der Waals surface area contributed by atoms with Gasteiger partial charge in [0.2, 0.25) is 10.0 Å². The minimum absolute atomic E-state index is 0.00263. The van der Waals surface area contributed by atoms with Gasteiger partial charge in [-0.15, -0.1) is 0 Å². The van der Waals surface area contributed by atoms with Crippen molar-refractivity contribution in [2.24, 2.45) is 0 Å². The Morgan fingerprint density at radius 1 is 1.40 bits per heavy atom. The van der Waals surface area contributed by atoms with Gasteiger partial charge in [0.05, 0.1) is 31.8 Å². The van der Waals surface area contributed by atoms with Crippen LogP contribution in [0.5, 0.6) is 0 Å². The van der Waals surface area contributed by atoms with Crippen LogP contribution in [0.1, 0.15) is 44.0 Å². The van der Waals surface area contributed by atoms with Crippen LogP contribution in [0.3, 0.4) is 0 Å². The first kappa shape index (κ1) is 28.1. The summed E-state index contributed by atoms with van der Waals surface area (Å²) in [6.07, 6.45) is 10.3. The van der Waals surface area contributed by atoms with Crippen molar-refractivity contribution in [1.82, 2.24) is 14.1 Å². The summed E-state index contributed by atoms with van der Waals surface area (Å²) in [5.74, 6) is 0.299. The highest BCUT2D eigenvalue weighted by molar-refractivity contribution is 14.2. The summed E-state index contributed by atoms with van der Waals surface area (Å²) in [6, 6.07) is -0.402. The number of hydrogen-bond donors (Lipinski definition) is 0. The number of carbonyl (C=O) groups is 1. The number of ether oxygens (including phenoxy) is 2. The molecule has 192 valence electrons. The van der Waals surface area contributed by atoms with E-state index in [2.05, 4.69) is 5.10 Å². The monoisotopic (exact) mass is 655 g/mol. The Hall–Kier alpha value is -1.47. The molecule has 1 aliphatic carbocycles. The van der Waals surface area contributed by atoms with Gasteiger partial charge in [0.25, 0.3) is 0 Å². The Kier molecular flexibility index (Phi) is 10.2. The maximum absolute atomic E-state index is 13.5. The molecule has 0 spiro atoms. The van der Waals surface area contributed by atoms with Crippen LogP contribution in [-0.4, -0.2) is 52.7 Å². The largest absolute Gasteiger partial charge is 0.488 e. The number of nitrogens with zero attached hydrogens (tertiary/aromatic N) is 3. The maximum Gasteiger partial charge on any atom is 0.327 e. The van der Waals surface area contributed by atoms with Crippen molar-refractivity contribution < 1.29 is 22.7 Å². The van der Waals surface area contributed by atoms with Crippen LogP contribution >= 0.6 is 43.9 Å². The average molecular weight is 656 g/mol. The molecule has 2 heterocycles. The zero-order valence-corrected chi connectivity index (χ0v) is 24.2. The molecule has 1 aromatic rings. The summed E-state index contributed by atoms with van der Waals surface area (Å²) in [7, 11) is -2.30. The average Bonchev–Trinajstić information content (AvgIpc) is 3.24. The van der Waals surface area contributed by atoms with Gasteiger partial charge in [0.1, 0.15) is 18.9 Å². The van der Waals surface area contributed by atoms with E-state index >= 15 is 0 Å². The molecule has 0 saturated heterocycles. The highest BCUT2D eigenvalue weighted by Gasteiger charge is 2.34. The Labute approximate surface area is 226 Å². The van der Waals surface area contributed by atoms with Crippen LogP contribution in [0.15, 0.2) is 49.2 Å². The molecule has 0 amide bonds. The van der Waals surface area contributed by atoms with E-state index in [9.17, 15) is 13.2 Å². The molecule has 0 saturated carbocycles. The van der Waals surface area contributed by atoms with E-state index in [-0.39, 0.29) is 29.1 Å². The van der Waals surface area contributed by atoms with Crippen molar-refractivity contribution in [3.8, 4) is 0 Å². The number of fused-ring (bicyclic) bond motifs is 1. The van der Waals surface area contributed by atoms with E-state index in [4.69, 9.17) is 32.7 Å². The zero-order chi connectivity index (χ0) is 25.6. The number of rotatable bonds is 10. The van der Waals surface area contributed by atoms with Gasteiger partial charge in [-0.1, -0.05) is 50.0 Å². The van der Waals surface area contributed by atoms with Crippen molar-refractivity contribution in [3.63, 3.8) is 0 Å². The lowest BCUT2D eigenvalue weighted by molar-refractivity contribution is -0.144. The zero-order valence-electron chi connectivity index (χ0n) is 19.7. The first-order valence-corrected chi connectivity index (χ1v) is 15.6. The summed E-state index contributed by atoms with van der Waals surface area (Å²) >= 11 is 11.9. The van der Waals surface area contributed by atoms with Gasteiger partial charge < -0.3 is 9.47 Å². The molecular formula is C23H28Cl2IN3O5S. The highest BCUT2D eigenvalue weighted by Crippen LogP contribution is 2.36. The maximum atomic E-state index is 13.5. The van der Waals surface area contributed by atoms with Crippen molar-refractivity contribution >= 4 is 63.9 Å². The Balaban J connectivity index is 1.75. The minimum Gasteiger partial charge on any atom is -0.488 e. The highest BCUT2D eigenvalue weighted by atomic mass is 127. The fourth-order valence-corrected chi connectivity index (χ4v) is 7.26. The van der Waals surface area contributed by atoms with Gasteiger partial charge >= 0.3 is 5.97 Å². The SMILES string of the molecule is C/C=C(\C=C(\Cl)COC1=CC=C(Cl)I=C1)S(=O)(=O)N(C)[C@@H]1CCCc2c1cnn2CC(=O)OCC. The summed E-state index contributed by atoms with van der Waals surface area (Å²) < 4.78 is 43.4. The van der Waals surface area contributed by atoms with Gasteiger partial charge in [-0.05, 0) is 51.3 Å². The third kappa shape index (κ3) is 7.06. The predicted molar refractivity (Wildman–Crippen MR) is 147 cm³/mol. The summed E-state index contributed by atoms with van der Waals surface area (Å²) in [6.45, 7) is 3.74. The second-order valence-electron chi connectivity index (χ2n) is 7.75. The van der Waals surface area contributed by atoms with Crippen LogP contribution in [0, 0.1) is 0 Å². The molecule has 1 aromatic heterocycles. The molecule has 0 fully saturated rings. The van der Waals surface area contributed by atoms with Crippen molar-refractivity contribution in [3.05, 3.63) is 60.5 Å². The molecule has 0 N–H and O–H groups in total. The third-order valence-corrected chi connectivity index (χ3v) is 10.3. The number of hydrogen-bond acceptors (Lipinski definition) is 6. The second kappa shape index (κ2) is 12.7. The number of esters is 1. The molecule has 3 rings (SSSR count). The van der Waals surface area contributed by atoms with Gasteiger partial charge in [0, 0.05) is 22.3 Å². The van der Waals surface area contributed by atoms with E-state index in [1.165, 1.54) is 16.5 Å². The summed E-state index contributed by atoms with van der Waals surface area (Å²) in [5.41, 5.74) is 1.66. The van der Waals surface area contributed by atoms with E-state index in [1.54, 1.807) is 43.9 Å². The van der Waals surface area contributed by atoms with Crippen LogP contribution < -0.4 is 0 Å². The number of halogens is 3. The molecule has 0 bridgehead atoms. The first-order chi connectivity index (χ1) is 16.7. The summed E-state index contributed by atoms with van der Waals surface area (Å²) in [4.78, 5) is 12.0. The van der Waals surface area contributed by atoms with Crippen LogP contribution in [-0.2, 0) is 37.3 Å². The van der Waals surface area contributed by atoms with Crippen LogP contribution in [0.4, 0.5) is 0 Å². The molecule has 1 aliphatic heterocycles. The van der Waals surface area contributed by atoms with Gasteiger partial charge in [0.15, 0.2) is 0 Å². The standard InChI is InChI=1S/C23H28Cl2IN3O5S/c1-4-18(11-16(24)15-34-17-9-10-22(25)26-12-17)35(31,32)28(3)20-7-6-8-21-19(20)13-27-29(21)14-23(30)33-5-2/h4,9-13,20H,5-8,14-15H2,1-3H3/b16-11+,18-4+/t20-/m1/s1. The summed E-state index contributed by atoms with van der Waals surface area (Å²) in [5, 5.41) is 4.59. The number of carbonyl (C=O) groups excluding carboxylic acids is 1. The fourth-order valence-electron chi connectivity index (χ4n) is 3.83. The molecule has 0 unspecified atom stereocenters. The molecule has 8 nitrogen and oxygen atoms in total. The van der Waals surface area contributed by atoms with Gasteiger partial charge in [-0.2, -0.15) is 9.40 Å². The molecule has 0 radical (unpaired) electrons. The molecule has 12 heteroatoms. The number of sulfonamides is 1. The Bertz CT molecular complexity index is 1220. The smallest absolute Gasteiger partial charge is 0.327 e. The lowest BCUT2D eigenvalue weighted by Gasteiger charge is -2.31. The molecule has 1 atom stereocenters. The van der Waals surface area contributed by atoms with E-state index < -0.39 is 36.8 Å². The van der Waals surface area contributed by atoms with Gasteiger partial charge in [-0.25, -0.2) is 8.42 Å². The minimum atomic E-state index is -3.86. The topological polar surface area (TPSA) is 90.7 Å². The van der Waals surface area contributed by atoms with Crippen molar-refractivity contribution in [1.29, 1.82) is 0 Å². The first-order valence-electron chi connectivity index (χ1n) is 11.0. The van der Waals surface area contributed by atoms with Gasteiger partial charge in [-0.3, -0.25) is 9.48 Å². The molecule has 35 heavy (non-hydrogen) atoms. The predicted octanol–water partition coefficient (Wildman–Crippen LogP) is 4.88. The fraction of sp³-hybridized carbons (Fsp3) is 0.435. The van der Waals surface area contributed by atoms with E-state index in [1.807, 2.05) is 4.01 Å². The second-order valence-corrected chi connectivity index (χ2v) is 13.7. The number of allylic oxidation sites excluding steroid dienone is 5. The number of aromatic nitrogens is 2. The van der Waals surface area contributed by atoms with Crippen molar-refractivity contribution in [2.45, 2.75) is 45.7 Å². The molecular weight excluding hydrogens is 628 g/mol. The lowest BCUT2D eigenvalue weighted by Crippen LogP contribution is -2.34. The lowest BCUT2D eigenvalue weighted by atomic mass is 9.93. The van der Waals surface area contributed by atoms with E-state index in [0.717, 1.165) is 20.7 Å². The van der Waals surface area contributed by atoms with Crippen LogP contribution in [0.25, 0.3) is 0 Å². The Morgan fingerprint density at radius 2 is 2.17 bits per heavy atom. The molecule has 0 aromatic carbocycles. The van der Waals surface area contributed by atoms with Crippen molar-refractivity contribution in [2.75, 3.05) is 20.3 Å².